The van der Waals surface area contributed by atoms with Gasteiger partial charge in [0.05, 0.1) is 4.90 Å². The SMILES string of the molecule is CCC(C)NC(=O)COc1ccc(S(=O)(=O)N(C)C)cc1C. The van der Waals surface area contributed by atoms with Gasteiger partial charge in [0, 0.05) is 20.1 Å². The molecule has 22 heavy (non-hydrogen) atoms. The summed E-state index contributed by atoms with van der Waals surface area (Å²) in [6.07, 6.45) is 0.849. The summed E-state index contributed by atoms with van der Waals surface area (Å²) in [5, 5.41) is 2.80. The Morgan fingerprint density at radius 2 is 2.00 bits per heavy atom. The van der Waals surface area contributed by atoms with Gasteiger partial charge in [0.25, 0.3) is 5.91 Å². The quantitative estimate of drug-likeness (QED) is 0.824. The van der Waals surface area contributed by atoms with Crippen LogP contribution in [0.2, 0.25) is 0 Å². The lowest BCUT2D eigenvalue weighted by atomic mass is 10.2. The highest BCUT2D eigenvalue weighted by molar-refractivity contribution is 7.89. The van der Waals surface area contributed by atoms with Gasteiger partial charge >= 0.3 is 0 Å². The van der Waals surface area contributed by atoms with E-state index in [4.69, 9.17) is 4.74 Å². The van der Waals surface area contributed by atoms with Crippen molar-refractivity contribution in [2.75, 3.05) is 20.7 Å². The maximum Gasteiger partial charge on any atom is 0.258 e. The Hall–Kier alpha value is -1.60. The first-order valence-corrected chi connectivity index (χ1v) is 8.57. The van der Waals surface area contributed by atoms with Gasteiger partial charge in [-0.2, -0.15) is 0 Å². The normalized spacial score (nSPS) is 13.0. The molecule has 0 aliphatic rings. The highest BCUT2D eigenvalue weighted by atomic mass is 32.2. The number of hydrogen-bond donors (Lipinski definition) is 1. The highest BCUT2D eigenvalue weighted by Gasteiger charge is 2.18. The van der Waals surface area contributed by atoms with E-state index in [1.54, 1.807) is 13.0 Å². The zero-order valence-corrected chi connectivity index (χ0v) is 14.5. The number of sulfonamides is 1. The summed E-state index contributed by atoms with van der Waals surface area (Å²) in [4.78, 5) is 11.9. The van der Waals surface area contributed by atoms with Crippen LogP contribution >= 0.6 is 0 Å². The van der Waals surface area contributed by atoms with Crippen LogP contribution in [0, 0.1) is 6.92 Å². The molecule has 1 aromatic rings. The summed E-state index contributed by atoms with van der Waals surface area (Å²) in [7, 11) is -0.507. The second kappa shape index (κ2) is 7.60. The zero-order valence-electron chi connectivity index (χ0n) is 13.7. The average Bonchev–Trinajstić information content (AvgIpc) is 2.45. The van der Waals surface area contributed by atoms with Crippen molar-refractivity contribution in [3.63, 3.8) is 0 Å². The minimum atomic E-state index is -3.47. The number of nitrogens with one attached hydrogen (secondary N) is 1. The summed E-state index contributed by atoms with van der Waals surface area (Å²) in [5.74, 6) is 0.302. The van der Waals surface area contributed by atoms with E-state index in [0.29, 0.717) is 11.3 Å². The van der Waals surface area contributed by atoms with Gasteiger partial charge in [0.1, 0.15) is 5.75 Å². The van der Waals surface area contributed by atoms with Gasteiger partial charge in [-0.05, 0) is 44.0 Å². The molecule has 0 heterocycles. The third-order valence-corrected chi connectivity index (χ3v) is 5.11. The van der Waals surface area contributed by atoms with Crippen LogP contribution in [-0.2, 0) is 14.8 Å². The van der Waals surface area contributed by atoms with E-state index in [2.05, 4.69) is 5.32 Å². The topological polar surface area (TPSA) is 75.7 Å². The molecule has 0 aliphatic carbocycles. The summed E-state index contributed by atoms with van der Waals surface area (Å²) in [6.45, 7) is 5.56. The van der Waals surface area contributed by atoms with Crippen LogP contribution < -0.4 is 10.1 Å². The monoisotopic (exact) mass is 328 g/mol. The van der Waals surface area contributed by atoms with Crippen molar-refractivity contribution in [1.29, 1.82) is 0 Å². The van der Waals surface area contributed by atoms with Crippen LogP contribution in [-0.4, -0.2) is 45.4 Å². The lowest BCUT2D eigenvalue weighted by Crippen LogP contribution is -2.35. The fraction of sp³-hybridized carbons (Fsp3) is 0.533. The molecule has 6 nitrogen and oxygen atoms in total. The molecule has 7 heteroatoms. The summed E-state index contributed by atoms with van der Waals surface area (Å²) in [6, 6.07) is 4.69. The Bertz CT molecular complexity index is 626. The number of benzene rings is 1. The Balaban J connectivity index is 2.77. The summed E-state index contributed by atoms with van der Waals surface area (Å²) >= 11 is 0. The molecule has 0 bridgehead atoms. The van der Waals surface area contributed by atoms with Crippen LogP contribution in [0.3, 0.4) is 0 Å². The predicted molar refractivity (Wildman–Crippen MR) is 85.4 cm³/mol. The van der Waals surface area contributed by atoms with E-state index < -0.39 is 10.0 Å². The molecule has 0 aromatic heterocycles. The van der Waals surface area contributed by atoms with Gasteiger partial charge in [-0.1, -0.05) is 6.92 Å². The van der Waals surface area contributed by atoms with Gasteiger partial charge in [-0.25, -0.2) is 12.7 Å². The van der Waals surface area contributed by atoms with Crippen LogP contribution in [0.5, 0.6) is 5.75 Å². The maximum absolute atomic E-state index is 12.0. The van der Waals surface area contributed by atoms with Gasteiger partial charge < -0.3 is 10.1 Å². The number of hydrogen-bond acceptors (Lipinski definition) is 4. The smallest absolute Gasteiger partial charge is 0.258 e. The van der Waals surface area contributed by atoms with E-state index in [-0.39, 0.29) is 23.5 Å². The second-order valence-corrected chi connectivity index (χ2v) is 7.53. The van der Waals surface area contributed by atoms with Crippen molar-refractivity contribution in [3.05, 3.63) is 23.8 Å². The molecule has 1 rings (SSSR count). The molecule has 1 aromatic carbocycles. The van der Waals surface area contributed by atoms with Gasteiger partial charge in [0.2, 0.25) is 10.0 Å². The molecule has 0 spiro atoms. The zero-order chi connectivity index (χ0) is 16.9. The first-order valence-electron chi connectivity index (χ1n) is 7.13. The molecule has 0 radical (unpaired) electrons. The molecule has 0 fully saturated rings. The molecule has 1 unspecified atom stereocenters. The minimum absolute atomic E-state index is 0.0923. The Kier molecular flexibility index (Phi) is 6.37. The lowest BCUT2D eigenvalue weighted by molar-refractivity contribution is -0.123. The van der Waals surface area contributed by atoms with Crippen molar-refractivity contribution in [2.24, 2.45) is 0 Å². The molecular weight excluding hydrogens is 304 g/mol. The molecule has 0 saturated heterocycles. The number of carbonyl (C=O) groups is 1. The van der Waals surface area contributed by atoms with Crippen molar-refractivity contribution in [3.8, 4) is 5.75 Å². The number of amides is 1. The Labute approximate surface area is 132 Å². The van der Waals surface area contributed by atoms with Crippen molar-refractivity contribution >= 4 is 15.9 Å². The summed E-state index contributed by atoms with van der Waals surface area (Å²) < 4.78 is 30.7. The van der Waals surface area contributed by atoms with E-state index in [1.165, 1.54) is 26.2 Å². The molecule has 124 valence electrons. The molecule has 0 saturated carbocycles. The molecule has 0 aliphatic heterocycles. The maximum atomic E-state index is 12.0. The van der Waals surface area contributed by atoms with Crippen molar-refractivity contribution in [1.82, 2.24) is 9.62 Å². The van der Waals surface area contributed by atoms with E-state index >= 15 is 0 Å². The number of nitrogens with zero attached hydrogens (tertiary/aromatic N) is 1. The first kappa shape index (κ1) is 18.4. The molecule has 1 N–H and O–H groups in total. The molecule has 1 atom stereocenters. The Morgan fingerprint density at radius 1 is 1.36 bits per heavy atom. The molecular formula is C15H24N2O4S. The predicted octanol–water partition coefficient (Wildman–Crippen LogP) is 1.54. The average molecular weight is 328 g/mol. The molecule has 1 amide bonds. The fourth-order valence-electron chi connectivity index (χ4n) is 1.72. The van der Waals surface area contributed by atoms with Crippen LogP contribution in [0.15, 0.2) is 23.1 Å². The standard InChI is InChI=1S/C15H24N2O4S/c1-6-12(3)16-15(18)10-21-14-8-7-13(9-11(14)2)22(19,20)17(4)5/h7-9,12H,6,10H2,1-5H3,(H,16,18). The van der Waals surface area contributed by atoms with Crippen molar-refractivity contribution < 1.29 is 17.9 Å². The first-order chi connectivity index (χ1) is 10.2. The van der Waals surface area contributed by atoms with Gasteiger partial charge in [-0.3, -0.25) is 4.79 Å². The van der Waals surface area contributed by atoms with Crippen LogP contribution in [0.4, 0.5) is 0 Å². The van der Waals surface area contributed by atoms with E-state index in [0.717, 1.165) is 10.7 Å². The third kappa shape index (κ3) is 4.71. The van der Waals surface area contributed by atoms with Gasteiger partial charge in [-0.15, -0.1) is 0 Å². The Morgan fingerprint density at radius 3 is 2.50 bits per heavy atom. The van der Waals surface area contributed by atoms with Crippen molar-refractivity contribution in [2.45, 2.75) is 38.1 Å². The van der Waals surface area contributed by atoms with Crippen LogP contribution in [0.1, 0.15) is 25.8 Å². The number of ether oxygens (including phenoxy) is 1. The lowest BCUT2D eigenvalue weighted by Gasteiger charge is -2.15. The number of carbonyl (C=O) groups excluding carboxylic acids is 1. The fourth-order valence-corrected chi connectivity index (χ4v) is 2.70. The second-order valence-electron chi connectivity index (χ2n) is 5.38. The number of rotatable bonds is 7. The summed E-state index contributed by atoms with van der Waals surface area (Å²) in [5.41, 5.74) is 0.666. The highest BCUT2D eigenvalue weighted by Crippen LogP contribution is 2.23. The largest absolute Gasteiger partial charge is 0.484 e. The van der Waals surface area contributed by atoms with E-state index in [1.807, 2.05) is 13.8 Å². The van der Waals surface area contributed by atoms with E-state index in [9.17, 15) is 13.2 Å². The number of aryl methyl sites for hydroxylation is 1. The minimum Gasteiger partial charge on any atom is -0.484 e. The van der Waals surface area contributed by atoms with Crippen LogP contribution in [0.25, 0.3) is 0 Å². The van der Waals surface area contributed by atoms with Gasteiger partial charge in [0.15, 0.2) is 6.61 Å². The third-order valence-electron chi connectivity index (χ3n) is 3.30.